The van der Waals surface area contributed by atoms with Crippen LogP contribution in [0.1, 0.15) is 97.4 Å². The number of hydrazone groups is 1. The minimum absolute atomic E-state index is 0.325. The number of amides is 1. The van der Waals surface area contributed by atoms with Crippen molar-refractivity contribution in [1.29, 1.82) is 0 Å². The second-order valence-corrected chi connectivity index (χ2v) is 9.45. The normalized spacial score (nSPS) is 10.9. The highest BCUT2D eigenvalue weighted by atomic mass is 16.5. The van der Waals surface area contributed by atoms with Crippen LogP contribution < -0.4 is 14.9 Å². The lowest BCUT2D eigenvalue weighted by Gasteiger charge is -2.08. The molecule has 1 amide bonds. The topological polar surface area (TPSA) is 89.9 Å². The van der Waals surface area contributed by atoms with Crippen LogP contribution in [-0.4, -0.2) is 29.7 Å². The molecule has 1 aromatic heterocycles. The van der Waals surface area contributed by atoms with Gasteiger partial charge in [-0.25, -0.2) is 10.2 Å². The average molecular weight is 530 g/mol. The van der Waals surface area contributed by atoms with Gasteiger partial charge in [-0.05, 0) is 72.6 Å². The number of hydrogen-bond donors (Lipinski definition) is 1. The van der Waals surface area contributed by atoms with Crippen LogP contribution in [0, 0.1) is 0 Å². The molecule has 1 N–H and O–H groups in total. The molecule has 206 valence electrons. The van der Waals surface area contributed by atoms with Crippen molar-refractivity contribution in [3.8, 4) is 11.5 Å². The number of pyridine rings is 1. The van der Waals surface area contributed by atoms with Gasteiger partial charge in [0.2, 0.25) is 0 Å². The summed E-state index contributed by atoms with van der Waals surface area (Å²) < 4.78 is 11.3. The number of nitrogens with zero attached hydrogens (tertiary/aromatic N) is 2. The molecule has 0 saturated heterocycles. The van der Waals surface area contributed by atoms with Gasteiger partial charge in [0.25, 0.3) is 5.91 Å². The molecule has 0 spiro atoms. The van der Waals surface area contributed by atoms with Gasteiger partial charge in [0.15, 0.2) is 0 Å². The monoisotopic (exact) mass is 529 g/mol. The third-order valence-corrected chi connectivity index (χ3v) is 6.27. The number of ether oxygens (including phenoxy) is 2. The van der Waals surface area contributed by atoms with Crippen LogP contribution in [0.2, 0.25) is 0 Å². The standard InChI is InChI=1S/C32H39N3O4/c1-2-3-4-5-6-7-8-9-10-11-24-38-29-18-14-28(15-19-29)32(37)39-30-16-12-26(13-17-30)25-34-35-31(36)27-20-22-33-23-21-27/h12-23,25H,2-11,24H2,1H3,(H,35,36)/b34-25+. The summed E-state index contributed by atoms with van der Waals surface area (Å²) in [5.74, 6) is 0.401. The summed E-state index contributed by atoms with van der Waals surface area (Å²) in [6, 6.07) is 17.1. The van der Waals surface area contributed by atoms with Gasteiger partial charge < -0.3 is 9.47 Å². The number of esters is 1. The van der Waals surface area contributed by atoms with Crippen LogP contribution >= 0.6 is 0 Å². The summed E-state index contributed by atoms with van der Waals surface area (Å²) >= 11 is 0. The van der Waals surface area contributed by atoms with E-state index in [1.165, 1.54) is 64.0 Å². The summed E-state index contributed by atoms with van der Waals surface area (Å²) in [7, 11) is 0. The van der Waals surface area contributed by atoms with E-state index in [0.717, 1.165) is 17.7 Å². The van der Waals surface area contributed by atoms with Crippen LogP contribution in [0.3, 0.4) is 0 Å². The quantitative estimate of drug-likeness (QED) is 0.0648. The zero-order chi connectivity index (χ0) is 27.5. The maximum Gasteiger partial charge on any atom is 0.343 e. The Balaban J connectivity index is 1.32. The molecule has 7 heteroatoms. The van der Waals surface area contributed by atoms with Crippen molar-refractivity contribution >= 4 is 18.1 Å². The molecule has 3 rings (SSSR count). The molecule has 0 aliphatic rings. The van der Waals surface area contributed by atoms with Crippen molar-refractivity contribution in [2.45, 2.75) is 71.1 Å². The number of carbonyl (C=O) groups is 2. The van der Waals surface area contributed by atoms with Crippen molar-refractivity contribution in [2.24, 2.45) is 5.10 Å². The van der Waals surface area contributed by atoms with Crippen molar-refractivity contribution in [2.75, 3.05) is 6.61 Å². The number of aromatic nitrogens is 1. The van der Waals surface area contributed by atoms with Crippen molar-refractivity contribution in [3.05, 3.63) is 89.7 Å². The van der Waals surface area contributed by atoms with Crippen LogP contribution in [0.15, 0.2) is 78.2 Å². The van der Waals surface area contributed by atoms with Gasteiger partial charge in [0.05, 0.1) is 18.4 Å². The highest BCUT2D eigenvalue weighted by Crippen LogP contribution is 2.17. The van der Waals surface area contributed by atoms with Crippen molar-refractivity contribution < 1.29 is 19.1 Å². The molecule has 1 heterocycles. The molecule has 0 atom stereocenters. The number of unbranched alkanes of at least 4 members (excludes halogenated alkanes) is 9. The van der Waals surface area contributed by atoms with E-state index in [1.54, 1.807) is 73.1 Å². The summed E-state index contributed by atoms with van der Waals surface area (Å²) in [5, 5.41) is 3.95. The van der Waals surface area contributed by atoms with Gasteiger partial charge in [-0.15, -0.1) is 0 Å². The van der Waals surface area contributed by atoms with Crippen LogP contribution in [0.25, 0.3) is 0 Å². The molecule has 2 aromatic carbocycles. The molecule has 39 heavy (non-hydrogen) atoms. The molecular formula is C32H39N3O4. The van der Waals surface area contributed by atoms with E-state index in [4.69, 9.17) is 9.47 Å². The van der Waals surface area contributed by atoms with E-state index in [9.17, 15) is 9.59 Å². The van der Waals surface area contributed by atoms with Gasteiger partial charge in [-0.1, -0.05) is 64.7 Å². The highest BCUT2D eigenvalue weighted by Gasteiger charge is 2.09. The maximum absolute atomic E-state index is 12.5. The van der Waals surface area contributed by atoms with E-state index >= 15 is 0 Å². The summed E-state index contributed by atoms with van der Waals surface area (Å²) in [4.78, 5) is 28.4. The predicted octanol–water partition coefficient (Wildman–Crippen LogP) is 7.36. The lowest BCUT2D eigenvalue weighted by atomic mass is 10.1. The fraction of sp³-hybridized carbons (Fsp3) is 0.375. The van der Waals surface area contributed by atoms with Gasteiger partial charge in [0, 0.05) is 18.0 Å². The Kier molecular flexibility index (Phi) is 13.3. The number of rotatable bonds is 17. The van der Waals surface area contributed by atoms with E-state index in [0.29, 0.717) is 23.5 Å². The Morgan fingerprint density at radius 3 is 1.97 bits per heavy atom. The molecule has 0 radical (unpaired) electrons. The average Bonchev–Trinajstić information content (AvgIpc) is 2.97. The first-order chi connectivity index (χ1) is 19.2. The molecular weight excluding hydrogens is 490 g/mol. The fourth-order valence-corrected chi connectivity index (χ4v) is 3.99. The fourth-order valence-electron chi connectivity index (χ4n) is 3.99. The van der Waals surface area contributed by atoms with Crippen molar-refractivity contribution in [3.63, 3.8) is 0 Å². The first kappa shape index (κ1) is 29.6. The minimum Gasteiger partial charge on any atom is -0.494 e. The van der Waals surface area contributed by atoms with E-state index < -0.39 is 5.97 Å². The second-order valence-electron chi connectivity index (χ2n) is 9.45. The molecule has 0 aliphatic carbocycles. The Hall–Kier alpha value is -4.00. The molecule has 0 aliphatic heterocycles. The lowest BCUT2D eigenvalue weighted by molar-refractivity contribution is 0.0734. The second kappa shape index (κ2) is 17.5. The highest BCUT2D eigenvalue weighted by molar-refractivity contribution is 5.94. The molecule has 0 unspecified atom stereocenters. The van der Waals surface area contributed by atoms with Gasteiger partial charge >= 0.3 is 5.97 Å². The molecule has 0 bridgehead atoms. The molecule has 7 nitrogen and oxygen atoms in total. The predicted molar refractivity (Wildman–Crippen MR) is 154 cm³/mol. The third kappa shape index (κ3) is 11.5. The van der Waals surface area contributed by atoms with Gasteiger partial charge in [-0.2, -0.15) is 5.10 Å². The first-order valence-electron chi connectivity index (χ1n) is 13.9. The smallest absolute Gasteiger partial charge is 0.343 e. The summed E-state index contributed by atoms with van der Waals surface area (Å²) in [6.07, 6.45) is 17.5. The molecule has 3 aromatic rings. The van der Waals surface area contributed by atoms with E-state index in [1.807, 2.05) is 0 Å². The van der Waals surface area contributed by atoms with E-state index in [2.05, 4.69) is 22.4 Å². The SMILES string of the molecule is CCCCCCCCCCCCOc1ccc(C(=O)Oc2ccc(/C=N/NC(=O)c3ccncc3)cc2)cc1. The maximum atomic E-state index is 12.5. The van der Waals surface area contributed by atoms with Crippen LogP contribution in [0.4, 0.5) is 0 Å². The van der Waals surface area contributed by atoms with Crippen molar-refractivity contribution in [1.82, 2.24) is 10.4 Å². The summed E-state index contributed by atoms with van der Waals surface area (Å²) in [5.41, 5.74) is 4.12. The third-order valence-electron chi connectivity index (χ3n) is 6.27. The zero-order valence-electron chi connectivity index (χ0n) is 22.8. The van der Waals surface area contributed by atoms with Crippen LogP contribution in [-0.2, 0) is 0 Å². The number of carbonyl (C=O) groups excluding carboxylic acids is 2. The Bertz CT molecular complexity index is 1150. The Labute approximate surface area is 231 Å². The molecule has 0 fully saturated rings. The lowest BCUT2D eigenvalue weighted by Crippen LogP contribution is -2.17. The molecule has 0 saturated carbocycles. The number of benzene rings is 2. The van der Waals surface area contributed by atoms with Gasteiger partial charge in [-0.3, -0.25) is 9.78 Å². The largest absolute Gasteiger partial charge is 0.494 e. The number of nitrogens with one attached hydrogen (secondary N) is 1. The summed E-state index contributed by atoms with van der Waals surface area (Å²) in [6.45, 7) is 2.94. The first-order valence-corrected chi connectivity index (χ1v) is 13.9. The Morgan fingerprint density at radius 2 is 1.33 bits per heavy atom. The van der Waals surface area contributed by atoms with E-state index in [-0.39, 0.29) is 5.91 Å². The van der Waals surface area contributed by atoms with Gasteiger partial charge in [0.1, 0.15) is 11.5 Å². The zero-order valence-corrected chi connectivity index (χ0v) is 22.8. The minimum atomic E-state index is -0.442. The number of hydrogen-bond acceptors (Lipinski definition) is 6. The Morgan fingerprint density at radius 1 is 0.744 bits per heavy atom. The van der Waals surface area contributed by atoms with Crippen LogP contribution in [0.5, 0.6) is 11.5 Å².